The van der Waals surface area contributed by atoms with Crippen LogP contribution in [-0.2, 0) is 6.54 Å². The molecule has 0 bridgehead atoms. The molecule has 3 aromatic rings. The van der Waals surface area contributed by atoms with E-state index in [2.05, 4.69) is 10.3 Å². The molecule has 2 aromatic carbocycles. The van der Waals surface area contributed by atoms with E-state index in [1.807, 2.05) is 66.7 Å². The van der Waals surface area contributed by atoms with Crippen molar-refractivity contribution in [1.82, 2.24) is 4.98 Å². The average Bonchev–Trinajstić information content (AvgIpc) is 2.61. The van der Waals surface area contributed by atoms with E-state index < -0.39 is 0 Å². The van der Waals surface area contributed by atoms with Crippen molar-refractivity contribution in [3.8, 4) is 17.3 Å². The number of pyridine rings is 1. The second kappa shape index (κ2) is 6.63. The van der Waals surface area contributed by atoms with Crippen LogP contribution in [0.4, 0.5) is 5.69 Å². The minimum absolute atomic E-state index is 0.0978. The van der Waals surface area contributed by atoms with E-state index in [0.717, 1.165) is 11.1 Å². The molecule has 0 atom stereocenters. The average molecular weight is 301 g/mol. The Morgan fingerprint density at radius 3 is 2.30 bits per heavy atom. The van der Waals surface area contributed by atoms with Crippen LogP contribution in [0.15, 0.2) is 71.5 Å². The summed E-state index contributed by atoms with van der Waals surface area (Å²) in [6.45, 7) is 0.549. The lowest BCUT2D eigenvalue weighted by Gasteiger charge is -2.10. The molecule has 3 rings (SSSR count). The summed E-state index contributed by atoms with van der Waals surface area (Å²) in [7, 11) is 0. The highest BCUT2D eigenvalue weighted by Crippen LogP contribution is 2.21. The summed E-state index contributed by atoms with van der Waals surface area (Å²) in [5, 5.41) is 12.4. The number of benzene rings is 2. The third kappa shape index (κ3) is 3.30. The highest BCUT2D eigenvalue weighted by molar-refractivity contribution is 5.68. The normalized spacial score (nSPS) is 10.0. The van der Waals surface area contributed by atoms with Gasteiger partial charge in [0.15, 0.2) is 0 Å². The second-order valence-corrected chi connectivity index (χ2v) is 5.12. The van der Waals surface area contributed by atoms with Crippen molar-refractivity contribution in [2.45, 2.75) is 6.54 Å². The molecule has 0 aliphatic heterocycles. The maximum atomic E-state index is 12.2. The van der Waals surface area contributed by atoms with Gasteiger partial charge in [-0.25, -0.2) is 0 Å². The quantitative estimate of drug-likeness (QED) is 0.774. The predicted molar refractivity (Wildman–Crippen MR) is 91.0 cm³/mol. The zero-order chi connectivity index (χ0) is 16.1. The third-order valence-corrected chi connectivity index (χ3v) is 3.56. The lowest BCUT2D eigenvalue weighted by atomic mass is 10.1. The predicted octanol–water partition coefficient (Wildman–Crippen LogP) is 3.53. The van der Waals surface area contributed by atoms with Crippen molar-refractivity contribution in [3.05, 3.63) is 88.2 Å². The van der Waals surface area contributed by atoms with E-state index >= 15 is 0 Å². The minimum Gasteiger partial charge on any atom is -0.380 e. The number of nitrogens with zero attached hydrogens (tertiary/aromatic N) is 1. The third-order valence-electron chi connectivity index (χ3n) is 3.56. The first-order valence-corrected chi connectivity index (χ1v) is 7.28. The van der Waals surface area contributed by atoms with Gasteiger partial charge in [0.05, 0.1) is 11.4 Å². The molecule has 23 heavy (non-hydrogen) atoms. The number of H-pyrrole nitrogens is 1. The number of aromatic amines is 1. The van der Waals surface area contributed by atoms with Crippen LogP contribution in [0.25, 0.3) is 11.3 Å². The Morgan fingerprint density at radius 1 is 1.00 bits per heavy atom. The van der Waals surface area contributed by atoms with E-state index in [9.17, 15) is 10.1 Å². The zero-order valence-corrected chi connectivity index (χ0v) is 12.4. The van der Waals surface area contributed by atoms with Crippen molar-refractivity contribution in [2.75, 3.05) is 5.32 Å². The molecular formula is C19H15N3O. The summed E-state index contributed by atoms with van der Waals surface area (Å²) < 4.78 is 0. The van der Waals surface area contributed by atoms with Crippen molar-refractivity contribution in [1.29, 1.82) is 5.26 Å². The fourth-order valence-corrected chi connectivity index (χ4v) is 2.38. The van der Waals surface area contributed by atoms with Gasteiger partial charge in [-0.2, -0.15) is 5.26 Å². The fourth-order valence-electron chi connectivity index (χ4n) is 2.38. The van der Waals surface area contributed by atoms with Gasteiger partial charge in [-0.05, 0) is 17.2 Å². The number of hydrogen-bond donors (Lipinski definition) is 2. The lowest BCUT2D eigenvalue weighted by molar-refractivity contribution is 1.12. The fraction of sp³-hybridized carbons (Fsp3) is 0.0526. The van der Waals surface area contributed by atoms with Crippen LogP contribution in [0.1, 0.15) is 11.1 Å². The first-order chi connectivity index (χ1) is 11.3. The Balaban J connectivity index is 1.96. The standard InChI is InChI=1S/C19H15N3O/c20-12-16-18(21-13-14-7-3-1-4-8-14)11-17(22-19(16)23)15-9-5-2-6-10-15/h1-11H,13H2,(H2,21,22,23). The molecular weight excluding hydrogens is 286 g/mol. The van der Waals surface area contributed by atoms with Crippen molar-refractivity contribution >= 4 is 5.69 Å². The lowest BCUT2D eigenvalue weighted by Crippen LogP contribution is -2.15. The Hall–Kier alpha value is -3.32. The molecule has 4 nitrogen and oxygen atoms in total. The van der Waals surface area contributed by atoms with Crippen molar-refractivity contribution in [3.63, 3.8) is 0 Å². The SMILES string of the molecule is N#Cc1c(NCc2ccccc2)cc(-c2ccccc2)[nH]c1=O. The van der Waals surface area contributed by atoms with Gasteiger partial charge in [0.2, 0.25) is 0 Å². The molecule has 0 saturated heterocycles. The Morgan fingerprint density at radius 2 is 1.65 bits per heavy atom. The molecule has 1 aromatic heterocycles. The molecule has 4 heteroatoms. The Labute approximate surface area is 134 Å². The second-order valence-electron chi connectivity index (χ2n) is 5.12. The van der Waals surface area contributed by atoms with Crippen molar-refractivity contribution in [2.24, 2.45) is 0 Å². The van der Waals surface area contributed by atoms with Gasteiger partial charge in [-0.3, -0.25) is 4.79 Å². The summed E-state index contributed by atoms with van der Waals surface area (Å²) in [5.41, 5.74) is 2.92. The van der Waals surface area contributed by atoms with Crippen LogP contribution in [0.2, 0.25) is 0 Å². The summed E-state index contributed by atoms with van der Waals surface area (Å²) in [4.78, 5) is 14.9. The van der Waals surface area contributed by atoms with Crippen LogP contribution in [0.5, 0.6) is 0 Å². The van der Waals surface area contributed by atoms with Gasteiger partial charge >= 0.3 is 0 Å². The number of nitrogens with one attached hydrogen (secondary N) is 2. The summed E-state index contributed by atoms with van der Waals surface area (Å²) in [6.07, 6.45) is 0. The summed E-state index contributed by atoms with van der Waals surface area (Å²) in [6, 6.07) is 23.2. The number of anilines is 1. The molecule has 0 unspecified atom stereocenters. The first-order valence-electron chi connectivity index (χ1n) is 7.28. The Kier molecular flexibility index (Phi) is 4.21. The molecule has 1 heterocycles. The number of nitriles is 1. The van der Waals surface area contributed by atoms with Gasteiger partial charge in [0.25, 0.3) is 5.56 Å². The number of hydrogen-bond acceptors (Lipinski definition) is 3. The van der Waals surface area contributed by atoms with Gasteiger partial charge < -0.3 is 10.3 Å². The van der Waals surface area contributed by atoms with Crippen LogP contribution < -0.4 is 10.9 Å². The molecule has 0 amide bonds. The zero-order valence-electron chi connectivity index (χ0n) is 12.4. The van der Waals surface area contributed by atoms with Gasteiger partial charge in [0.1, 0.15) is 11.6 Å². The van der Waals surface area contributed by atoms with Gasteiger partial charge in [0, 0.05) is 6.54 Å². The molecule has 112 valence electrons. The smallest absolute Gasteiger partial charge is 0.268 e. The minimum atomic E-state index is -0.385. The number of rotatable bonds is 4. The monoisotopic (exact) mass is 301 g/mol. The van der Waals surface area contributed by atoms with E-state index in [4.69, 9.17) is 0 Å². The van der Waals surface area contributed by atoms with E-state index in [1.165, 1.54) is 0 Å². The largest absolute Gasteiger partial charge is 0.380 e. The topological polar surface area (TPSA) is 68.7 Å². The highest BCUT2D eigenvalue weighted by atomic mass is 16.1. The van der Waals surface area contributed by atoms with Crippen LogP contribution in [0.3, 0.4) is 0 Å². The first kappa shape index (κ1) is 14.6. The van der Waals surface area contributed by atoms with E-state index in [0.29, 0.717) is 17.9 Å². The van der Waals surface area contributed by atoms with Crippen molar-refractivity contribution < 1.29 is 0 Å². The van der Waals surface area contributed by atoms with Crippen LogP contribution >= 0.6 is 0 Å². The number of aromatic nitrogens is 1. The maximum Gasteiger partial charge on any atom is 0.268 e. The summed E-state index contributed by atoms with van der Waals surface area (Å²) in [5.74, 6) is 0. The maximum absolute atomic E-state index is 12.2. The molecule has 0 aliphatic rings. The Bertz CT molecular complexity index is 893. The molecule has 0 fully saturated rings. The molecule has 0 saturated carbocycles. The van der Waals surface area contributed by atoms with Gasteiger partial charge in [-0.1, -0.05) is 60.7 Å². The summed E-state index contributed by atoms with van der Waals surface area (Å²) >= 11 is 0. The molecule has 0 aliphatic carbocycles. The molecule has 2 N–H and O–H groups in total. The van der Waals surface area contributed by atoms with Crippen LogP contribution in [-0.4, -0.2) is 4.98 Å². The van der Waals surface area contributed by atoms with Crippen LogP contribution in [0, 0.1) is 11.3 Å². The highest BCUT2D eigenvalue weighted by Gasteiger charge is 2.10. The van der Waals surface area contributed by atoms with E-state index in [1.54, 1.807) is 6.07 Å². The van der Waals surface area contributed by atoms with Gasteiger partial charge in [-0.15, -0.1) is 0 Å². The molecule has 0 spiro atoms. The van der Waals surface area contributed by atoms with E-state index in [-0.39, 0.29) is 11.1 Å². The molecule has 0 radical (unpaired) electrons.